The fourth-order valence-electron chi connectivity index (χ4n) is 2.51. The summed E-state index contributed by atoms with van der Waals surface area (Å²) in [5, 5.41) is 5.35. The number of thiazole rings is 1. The van der Waals surface area contributed by atoms with Crippen LogP contribution in [0.3, 0.4) is 0 Å². The number of carbonyl (C=O) groups is 1. The van der Waals surface area contributed by atoms with Gasteiger partial charge in [0.25, 0.3) is 5.91 Å². The number of hydrogen-bond acceptors (Lipinski definition) is 6. The van der Waals surface area contributed by atoms with Crippen LogP contribution in [0.25, 0.3) is 10.6 Å². The Morgan fingerprint density at radius 3 is 2.91 bits per heavy atom. The van der Waals surface area contributed by atoms with Crippen LogP contribution in [0.2, 0.25) is 0 Å². The number of aromatic nitrogens is 2. The van der Waals surface area contributed by atoms with Gasteiger partial charge in [0.2, 0.25) is 0 Å². The Kier molecular flexibility index (Phi) is 5.19. The summed E-state index contributed by atoms with van der Waals surface area (Å²) < 4.78 is 4.91. The average molecular weight is 332 g/mol. The van der Waals surface area contributed by atoms with Crippen molar-refractivity contribution in [1.29, 1.82) is 0 Å². The Bertz CT molecular complexity index is 650. The summed E-state index contributed by atoms with van der Waals surface area (Å²) in [6.07, 6.45) is 4.30. The monoisotopic (exact) mass is 332 g/mol. The first-order valence-electron chi connectivity index (χ1n) is 7.72. The molecule has 0 atom stereocenters. The molecule has 0 aliphatic carbocycles. The van der Waals surface area contributed by atoms with Gasteiger partial charge in [0.15, 0.2) is 0 Å². The fraction of sp³-hybridized carbons (Fsp3) is 0.438. The largest absolute Gasteiger partial charge is 0.383 e. The maximum atomic E-state index is 11.9. The molecule has 1 fully saturated rings. The number of pyridine rings is 1. The molecule has 2 aromatic heterocycles. The topological polar surface area (TPSA) is 67.3 Å². The van der Waals surface area contributed by atoms with Crippen LogP contribution < -0.4 is 10.2 Å². The van der Waals surface area contributed by atoms with E-state index < -0.39 is 0 Å². The molecule has 0 bridgehead atoms. The molecule has 0 spiro atoms. The van der Waals surface area contributed by atoms with E-state index in [1.807, 2.05) is 18.3 Å². The molecule has 0 aromatic carbocycles. The Hall–Kier alpha value is -1.99. The zero-order valence-electron chi connectivity index (χ0n) is 13.1. The third-order valence-corrected chi connectivity index (χ3v) is 4.64. The summed E-state index contributed by atoms with van der Waals surface area (Å²) in [5.74, 6) is 0.839. The van der Waals surface area contributed by atoms with Crippen molar-refractivity contribution in [1.82, 2.24) is 15.3 Å². The first kappa shape index (κ1) is 15.9. The minimum atomic E-state index is -0.175. The average Bonchev–Trinajstić information content (AvgIpc) is 3.27. The van der Waals surface area contributed by atoms with E-state index in [9.17, 15) is 4.79 Å². The SMILES string of the molecule is COCCNC(=O)c1csc(-c2ccc(N3CCCC3)nc2)n1. The molecule has 23 heavy (non-hydrogen) atoms. The van der Waals surface area contributed by atoms with Crippen LogP contribution in [0.15, 0.2) is 23.7 Å². The molecule has 1 amide bonds. The van der Waals surface area contributed by atoms with Crippen molar-refractivity contribution >= 4 is 23.1 Å². The number of amides is 1. The highest BCUT2D eigenvalue weighted by atomic mass is 32.1. The quantitative estimate of drug-likeness (QED) is 0.821. The smallest absolute Gasteiger partial charge is 0.270 e. The van der Waals surface area contributed by atoms with Crippen LogP contribution in [0.4, 0.5) is 5.82 Å². The molecule has 1 aliphatic rings. The van der Waals surface area contributed by atoms with Gasteiger partial charge in [-0.05, 0) is 25.0 Å². The molecule has 0 radical (unpaired) electrons. The first-order valence-corrected chi connectivity index (χ1v) is 8.60. The van der Waals surface area contributed by atoms with E-state index in [0.717, 1.165) is 29.5 Å². The van der Waals surface area contributed by atoms with Gasteiger partial charge in [-0.1, -0.05) is 0 Å². The second-order valence-electron chi connectivity index (χ2n) is 5.39. The molecule has 7 heteroatoms. The van der Waals surface area contributed by atoms with Gasteiger partial charge in [-0.25, -0.2) is 9.97 Å². The lowest BCUT2D eigenvalue weighted by atomic mass is 10.3. The van der Waals surface area contributed by atoms with Crippen LogP contribution in [0.1, 0.15) is 23.3 Å². The van der Waals surface area contributed by atoms with Gasteiger partial charge >= 0.3 is 0 Å². The standard InChI is InChI=1S/C16H20N4O2S/c1-22-9-6-17-15(21)13-11-23-16(19-13)12-4-5-14(18-10-12)20-7-2-3-8-20/h4-5,10-11H,2-3,6-9H2,1H3,(H,17,21). The predicted molar refractivity (Wildman–Crippen MR) is 91.0 cm³/mol. The third-order valence-electron chi connectivity index (χ3n) is 3.75. The van der Waals surface area contributed by atoms with Crippen LogP contribution >= 0.6 is 11.3 Å². The number of ether oxygens (including phenoxy) is 1. The number of nitrogens with one attached hydrogen (secondary N) is 1. The molecule has 0 unspecified atom stereocenters. The molecule has 6 nitrogen and oxygen atoms in total. The summed E-state index contributed by atoms with van der Waals surface area (Å²) in [7, 11) is 1.60. The van der Waals surface area contributed by atoms with E-state index in [4.69, 9.17) is 4.74 Å². The van der Waals surface area contributed by atoms with Crippen LogP contribution in [-0.2, 0) is 4.74 Å². The maximum absolute atomic E-state index is 11.9. The number of nitrogens with zero attached hydrogens (tertiary/aromatic N) is 3. The summed E-state index contributed by atoms with van der Waals surface area (Å²) in [4.78, 5) is 23.2. The molecule has 2 aromatic rings. The van der Waals surface area contributed by atoms with Gasteiger partial charge in [0, 0.05) is 43.9 Å². The molecular weight excluding hydrogens is 312 g/mol. The minimum Gasteiger partial charge on any atom is -0.383 e. The van der Waals surface area contributed by atoms with E-state index in [2.05, 4.69) is 20.2 Å². The summed E-state index contributed by atoms with van der Waals surface area (Å²) in [6, 6.07) is 4.05. The molecule has 1 aliphatic heterocycles. The highest BCUT2D eigenvalue weighted by Crippen LogP contribution is 2.25. The van der Waals surface area contributed by atoms with E-state index in [0.29, 0.717) is 18.8 Å². The van der Waals surface area contributed by atoms with Crippen molar-refractivity contribution < 1.29 is 9.53 Å². The number of anilines is 1. The summed E-state index contributed by atoms with van der Waals surface area (Å²) >= 11 is 1.45. The van der Waals surface area contributed by atoms with E-state index in [1.165, 1.54) is 24.2 Å². The fourth-order valence-corrected chi connectivity index (χ4v) is 3.30. The third kappa shape index (κ3) is 3.86. The van der Waals surface area contributed by atoms with Gasteiger partial charge in [-0.2, -0.15) is 0 Å². The zero-order valence-corrected chi connectivity index (χ0v) is 13.9. The lowest BCUT2D eigenvalue weighted by Gasteiger charge is -2.15. The van der Waals surface area contributed by atoms with Crippen LogP contribution in [0.5, 0.6) is 0 Å². The second kappa shape index (κ2) is 7.52. The van der Waals surface area contributed by atoms with E-state index in [1.54, 1.807) is 12.5 Å². The Balaban J connectivity index is 1.66. The van der Waals surface area contributed by atoms with Crippen LogP contribution in [0, 0.1) is 0 Å². The van der Waals surface area contributed by atoms with E-state index in [-0.39, 0.29) is 5.91 Å². The highest BCUT2D eigenvalue weighted by molar-refractivity contribution is 7.13. The Labute approximate surface area is 139 Å². The summed E-state index contributed by atoms with van der Waals surface area (Å²) in [5.41, 5.74) is 1.37. The molecule has 1 N–H and O–H groups in total. The molecule has 3 heterocycles. The number of hydrogen-bond donors (Lipinski definition) is 1. The number of methoxy groups -OCH3 is 1. The maximum Gasteiger partial charge on any atom is 0.270 e. The van der Waals surface area contributed by atoms with Crippen molar-refractivity contribution in [2.45, 2.75) is 12.8 Å². The van der Waals surface area contributed by atoms with Crippen molar-refractivity contribution in [3.05, 3.63) is 29.4 Å². The molecule has 122 valence electrons. The number of rotatable bonds is 6. The second-order valence-corrected chi connectivity index (χ2v) is 6.24. The predicted octanol–water partition coefficient (Wildman–Crippen LogP) is 2.18. The molecule has 0 saturated carbocycles. The van der Waals surface area contributed by atoms with Crippen molar-refractivity contribution in [2.24, 2.45) is 0 Å². The van der Waals surface area contributed by atoms with Crippen LogP contribution in [-0.4, -0.2) is 49.2 Å². The highest BCUT2D eigenvalue weighted by Gasteiger charge is 2.15. The van der Waals surface area contributed by atoms with Gasteiger partial charge in [-0.15, -0.1) is 11.3 Å². The lowest BCUT2D eigenvalue weighted by Crippen LogP contribution is -2.27. The Morgan fingerprint density at radius 2 is 2.22 bits per heavy atom. The van der Waals surface area contributed by atoms with Gasteiger partial charge in [0.05, 0.1) is 6.61 Å². The van der Waals surface area contributed by atoms with Gasteiger partial charge in [0.1, 0.15) is 16.5 Å². The van der Waals surface area contributed by atoms with E-state index >= 15 is 0 Å². The first-order chi connectivity index (χ1) is 11.3. The van der Waals surface area contributed by atoms with Gasteiger partial charge < -0.3 is 15.0 Å². The van der Waals surface area contributed by atoms with Crippen molar-refractivity contribution in [2.75, 3.05) is 38.3 Å². The normalized spacial score (nSPS) is 14.2. The zero-order chi connectivity index (χ0) is 16.1. The Morgan fingerprint density at radius 1 is 1.39 bits per heavy atom. The minimum absolute atomic E-state index is 0.175. The number of carbonyl (C=O) groups excluding carboxylic acids is 1. The molecular formula is C16H20N4O2S. The molecule has 3 rings (SSSR count). The molecule has 1 saturated heterocycles. The van der Waals surface area contributed by atoms with Crippen molar-refractivity contribution in [3.8, 4) is 10.6 Å². The lowest BCUT2D eigenvalue weighted by molar-refractivity contribution is 0.0933. The summed E-state index contributed by atoms with van der Waals surface area (Å²) in [6.45, 7) is 3.13. The van der Waals surface area contributed by atoms with Gasteiger partial charge in [-0.3, -0.25) is 4.79 Å². The van der Waals surface area contributed by atoms with Crippen molar-refractivity contribution in [3.63, 3.8) is 0 Å².